The van der Waals surface area contributed by atoms with Crippen molar-refractivity contribution in [3.05, 3.63) is 57.2 Å². The van der Waals surface area contributed by atoms with Crippen molar-refractivity contribution >= 4 is 39.1 Å². The lowest BCUT2D eigenvalue weighted by Gasteiger charge is -2.17. The van der Waals surface area contributed by atoms with Gasteiger partial charge < -0.3 is 10.4 Å². The summed E-state index contributed by atoms with van der Waals surface area (Å²) in [6.07, 6.45) is 0. The van der Waals surface area contributed by atoms with E-state index in [1.165, 1.54) is 36.6 Å². The van der Waals surface area contributed by atoms with Gasteiger partial charge >= 0.3 is 5.97 Å². The van der Waals surface area contributed by atoms with Crippen molar-refractivity contribution in [3.8, 4) is 0 Å². The number of hydrogen-bond donors (Lipinski definition) is 2. The summed E-state index contributed by atoms with van der Waals surface area (Å²) in [5.74, 6) is -1.87. The number of benzene rings is 1. The Balaban J connectivity index is 2.02. The number of nitrogens with one attached hydrogen (secondary N) is 1. The highest BCUT2D eigenvalue weighted by Gasteiger charge is 2.24. The van der Waals surface area contributed by atoms with E-state index >= 15 is 0 Å². The number of thiophene rings is 1. The molecule has 0 radical (unpaired) electrons. The third-order valence-corrected chi connectivity index (χ3v) is 4.80. The second-order valence-corrected chi connectivity index (χ2v) is 6.50. The Hall–Kier alpha value is -3.07. The van der Waals surface area contributed by atoms with Gasteiger partial charge in [-0.2, -0.15) is 0 Å². The molecule has 1 unspecified atom stereocenters. The average molecular weight is 375 g/mol. The molecule has 3 rings (SSSR count). The fourth-order valence-corrected chi connectivity index (χ4v) is 3.56. The molecule has 0 aliphatic carbocycles. The summed E-state index contributed by atoms with van der Waals surface area (Å²) in [6, 6.07) is 4.27. The van der Waals surface area contributed by atoms with Gasteiger partial charge in [-0.05, 0) is 38.1 Å². The van der Waals surface area contributed by atoms with Crippen molar-refractivity contribution in [2.24, 2.45) is 0 Å². The number of nitrogens with zero attached hydrogens (tertiary/aromatic N) is 2. The van der Waals surface area contributed by atoms with Crippen LogP contribution in [-0.4, -0.2) is 26.5 Å². The van der Waals surface area contributed by atoms with Gasteiger partial charge in [-0.15, -0.1) is 11.3 Å². The maximum absolute atomic E-state index is 13.0. The number of aromatic carboxylic acids is 1. The van der Waals surface area contributed by atoms with Gasteiger partial charge in [0.05, 0.1) is 10.9 Å². The lowest BCUT2D eigenvalue weighted by Crippen LogP contribution is -2.34. The first kappa shape index (κ1) is 17.7. The van der Waals surface area contributed by atoms with Crippen molar-refractivity contribution in [2.45, 2.75) is 19.9 Å². The van der Waals surface area contributed by atoms with Gasteiger partial charge in [0.15, 0.2) is 0 Å². The molecule has 2 heterocycles. The molecule has 0 saturated heterocycles. The lowest BCUT2D eigenvalue weighted by molar-refractivity contribution is -0.118. The molecule has 0 spiro atoms. The van der Waals surface area contributed by atoms with Crippen LogP contribution in [0.1, 0.15) is 29.1 Å². The highest BCUT2D eigenvalue weighted by Crippen LogP contribution is 2.23. The van der Waals surface area contributed by atoms with Gasteiger partial charge in [-0.1, -0.05) is 0 Å². The molecule has 3 aromatic rings. The first-order valence-corrected chi connectivity index (χ1v) is 8.47. The molecule has 26 heavy (non-hydrogen) atoms. The molecule has 1 aromatic carbocycles. The standard InChI is InChI=1S/C17H14FN3O4S/c1-8(14(22)20-11-5-3-10(18)4-6-11)21-9(2)19-15-13(16(21)23)12(7-26-15)17(24)25/h3-8H,1-2H3,(H,20,22)(H,24,25). The van der Waals surface area contributed by atoms with Crippen molar-refractivity contribution in [2.75, 3.05) is 5.32 Å². The molecule has 2 aromatic heterocycles. The summed E-state index contributed by atoms with van der Waals surface area (Å²) in [5, 5.41) is 13.2. The number of rotatable bonds is 4. The van der Waals surface area contributed by atoms with Crippen LogP contribution in [-0.2, 0) is 4.79 Å². The third kappa shape index (κ3) is 3.08. The van der Waals surface area contributed by atoms with E-state index in [4.69, 9.17) is 0 Å². The number of aryl methyl sites for hydroxylation is 1. The molecule has 9 heteroatoms. The van der Waals surface area contributed by atoms with Gasteiger partial charge in [0.1, 0.15) is 22.5 Å². The second-order valence-electron chi connectivity index (χ2n) is 5.64. The van der Waals surface area contributed by atoms with Crippen LogP contribution in [0.3, 0.4) is 0 Å². The summed E-state index contributed by atoms with van der Waals surface area (Å²) in [7, 11) is 0. The topological polar surface area (TPSA) is 101 Å². The Bertz CT molecular complexity index is 1070. The Kier molecular flexibility index (Phi) is 4.56. The number of carbonyl (C=O) groups excluding carboxylic acids is 1. The maximum Gasteiger partial charge on any atom is 0.337 e. The summed E-state index contributed by atoms with van der Waals surface area (Å²) >= 11 is 1.06. The Morgan fingerprint density at radius 1 is 1.31 bits per heavy atom. The van der Waals surface area contributed by atoms with Crippen LogP contribution >= 0.6 is 11.3 Å². The Labute approximate surface area is 150 Å². The molecular formula is C17H14FN3O4S. The largest absolute Gasteiger partial charge is 0.478 e. The first-order valence-electron chi connectivity index (χ1n) is 7.59. The van der Waals surface area contributed by atoms with E-state index in [9.17, 15) is 23.9 Å². The van der Waals surface area contributed by atoms with Crippen molar-refractivity contribution in [3.63, 3.8) is 0 Å². The summed E-state index contributed by atoms with van der Waals surface area (Å²) in [5.41, 5.74) is -0.347. The quantitative estimate of drug-likeness (QED) is 0.730. The highest BCUT2D eigenvalue weighted by atomic mass is 32.1. The predicted octanol–water partition coefficient (Wildman–Crippen LogP) is 2.80. The smallest absolute Gasteiger partial charge is 0.337 e. The third-order valence-electron chi connectivity index (χ3n) is 3.93. The van der Waals surface area contributed by atoms with Crippen LogP contribution in [0.2, 0.25) is 0 Å². The van der Waals surface area contributed by atoms with E-state index < -0.39 is 29.3 Å². The van der Waals surface area contributed by atoms with E-state index in [0.29, 0.717) is 16.3 Å². The molecule has 0 aliphatic heterocycles. The normalized spacial score (nSPS) is 12.1. The number of halogens is 1. The van der Waals surface area contributed by atoms with Crippen LogP contribution in [0.25, 0.3) is 10.2 Å². The van der Waals surface area contributed by atoms with Gasteiger partial charge in [0.2, 0.25) is 5.91 Å². The number of amides is 1. The van der Waals surface area contributed by atoms with Gasteiger partial charge in [0, 0.05) is 11.1 Å². The Morgan fingerprint density at radius 2 is 1.96 bits per heavy atom. The fraction of sp³-hybridized carbons (Fsp3) is 0.176. The minimum absolute atomic E-state index is 0.0190. The van der Waals surface area contributed by atoms with E-state index in [-0.39, 0.29) is 10.9 Å². The predicted molar refractivity (Wildman–Crippen MR) is 95.3 cm³/mol. The highest BCUT2D eigenvalue weighted by molar-refractivity contribution is 7.17. The van der Waals surface area contributed by atoms with Crippen molar-refractivity contribution in [1.82, 2.24) is 9.55 Å². The summed E-state index contributed by atoms with van der Waals surface area (Å²) in [4.78, 5) is 41.2. The minimum atomic E-state index is -1.23. The summed E-state index contributed by atoms with van der Waals surface area (Å²) in [6.45, 7) is 3.08. The van der Waals surface area contributed by atoms with E-state index in [0.717, 1.165) is 15.9 Å². The van der Waals surface area contributed by atoms with Gasteiger partial charge in [-0.25, -0.2) is 14.2 Å². The molecule has 1 atom stereocenters. The van der Waals surface area contributed by atoms with Crippen LogP contribution < -0.4 is 10.9 Å². The van der Waals surface area contributed by atoms with E-state index in [1.54, 1.807) is 6.92 Å². The van der Waals surface area contributed by atoms with Crippen LogP contribution in [0, 0.1) is 12.7 Å². The summed E-state index contributed by atoms with van der Waals surface area (Å²) < 4.78 is 14.1. The van der Waals surface area contributed by atoms with E-state index in [1.807, 2.05) is 0 Å². The molecule has 2 N–H and O–H groups in total. The molecule has 7 nitrogen and oxygen atoms in total. The average Bonchev–Trinajstić information content (AvgIpc) is 3.01. The monoisotopic (exact) mass is 375 g/mol. The van der Waals surface area contributed by atoms with Crippen LogP contribution in [0.5, 0.6) is 0 Å². The molecular weight excluding hydrogens is 361 g/mol. The molecule has 134 valence electrons. The Morgan fingerprint density at radius 3 is 2.58 bits per heavy atom. The zero-order chi connectivity index (χ0) is 19.0. The van der Waals surface area contributed by atoms with Gasteiger partial charge in [0.25, 0.3) is 5.56 Å². The van der Waals surface area contributed by atoms with Crippen LogP contribution in [0.4, 0.5) is 10.1 Å². The lowest BCUT2D eigenvalue weighted by atomic mass is 10.2. The molecule has 0 bridgehead atoms. The molecule has 0 saturated carbocycles. The van der Waals surface area contributed by atoms with Crippen LogP contribution in [0.15, 0.2) is 34.4 Å². The van der Waals surface area contributed by atoms with E-state index in [2.05, 4.69) is 10.3 Å². The zero-order valence-corrected chi connectivity index (χ0v) is 14.6. The second kappa shape index (κ2) is 6.68. The van der Waals surface area contributed by atoms with Gasteiger partial charge in [-0.3, -0.25) is 14.2 Å². The number of carbonyl (C=O) groups is 2. The van der Waals surface area contributed by atoms with Crippen molar-refractivity contribution < 1.29 is 19.1 Å². The number of carboxylic acids is 1. The number of hydrogen-bond acceptors (Lipinski definition) is 5. The fourth-order valence-electron chi connectivity index (χ4n) is 2.62. The number of anilines is 1. The molecule has 1 amide bonds. The minimum Gasteiger partial charge on any atom is -0.478 e. The number of aromatic nitrogens is 2. The maximum atomic E-state index is 13.0. The molecule has 0 fully saturated rings. The first-order chi connectivity index (χ1) is 12.3. The SMILES string of the molecule is Cc1nc2scc(C(=O)O)c2c(=O)n1C(C)C(=O)Nc1ccc(F)cc1. The number of fused-ring (bicyclic) bond motifs is 1. The zero-order valence-electron chi connectivity index (χ0n) is 13.8. The molecule has 0 aliphatic rings. The number of carboxylic acid groups (broad SMARTS) is 1. The van der Waals surface area contributed by atoms with Crippen molar-refractivity contribution in [1.29, 1.82) is 0 Å².